The summed E-state index contributed by atoms with van der Waals surface area (Å²) in [5.74, 6) is 1.21. The number of nitrogens with two attached hydrogens (primary N) is 1. The minimum absolute atomic E-state index is 0.0459. The second-order valence-electron chi connectivity index (χ2n) is 6.62. The van der Waals surface area contributed by atoms with Gasteiger partial charge in [-0.2, -0.15) is 0 Å². The summed E-state index contributed by atoms with van der Waals surface area (Å²) in [6.07, 6.45) is 2.38. The molecule has 23 heavy (non-hydrogen) atoms. The third-order valence-corrected chi connectivity index (χ3v) is 7.03. The van der Waals surface area contributed by atoms with Gasteiger partial charge >= 0.3 is 0 Å². The van der Waals surface area contributed by atoms with Crippen LogP contribution in [0.15, 0.2) is 29.2 Å². The second kappa shape index (κ2) is 6.24. The van der Waals surface area contributed by atoms with Crippen molar-refractivity contribution in [3.05, 3.63) is 29.8 Å². The maximum atomic E-state index is 12.3. The van der Waals surface area contributed by atoms with Gasteiger partial charge in [-0.15, -0.1) is 0 Å². The molecule has 0 heterocycles. The molecule has 1 amide bonds. The Morgan fingerprint density at radius 1 is 1.26 bits per heavy atom. The molecule has 0 unspecified atom stereocenters. The third kappa shape index (κ3) is 3.28. The highest BCUT2D eigenvalue weighted by molar-refractivity contribution is 7.91. The van der Waals surface area contributed by atoms with Crippen molar-refractivity contribution in [2.75, 3.05) is 12.3 Å². The number of nitrogens with one attached hydrogen (secondary N) is 1. The van der Waals surface area contributed by atoms with Gasteiger partial charge in [0, 0.05) is 18.5 Å². The standard InChI is InChI=1S/C17H24N2O3S/c1-2-23(21,22)16-6-4-3-5-11(16)7-8-19-17(20)14-10-15(18)13-9-12(13)14/h3-6,12-15H,2,7-10,18H2,1H3,(H,19,20)/t12-,13+,14-,15+/m1/s1. The molecule has 5 nitrogen and oxygen atoms in total. The first-order valence-corrected chi connectivity index (χ1v) is 9.93. The summed E-state index contributed by atoms with van der Waals surface area (Å²) in [5.41, 5.74) is 6.77. The summed E-state index contributed by atoms with van der Waals surface area (Å²) in [6, 6.07) is 7.19. The van der Waals surface area contributed by atoms with Crippen LogP contribution in [0.1, 0.15) is 25.3 Å². The van der Waals surface area contributed by atoms with Gasteiger partial charge in [-0.25, -0.2) is 8.42 Å². The molecule has 4 atom stereocenters. The molecule has 126 valence electrons. The first kappa shape index (κ1) is 16.5. The van der Waals surface area contributed by atoms with Crippen LogP contribution < -0.4 is 11.1 Å². The van der Waals surface area contributed by atoms with Gasteiger partial charge in [0.15, 0.2) is 9.84 Å². The van der Waals surface area contributed by atoms with Gasteiger partial charge < -0.3 is 11.1 Å². The van der Waals surface area contributed by atoms with Crippen LogP contribution in [0.25, 0.3) is 0 Å². The normalized spacial score (nSPS) is 29.1. The summed E-state index contributed by atoms with van der Waals surface area (Å²) < 4.78 is 24.2. The summed E-state index contributed by atoms with van der Waals surface area (Å²) in [5, 5.41) is 2.96. The maximum Gasteiger partial charge on any atom is 0.223 e. The van der Waals surface area contributed by atoms with Crippen molar-refractivity contribution in [3.63, 3.8) is 0 Å². The van der Waals surface area contributed by atoms with Crippen LogP contribution in [0.5, 0.6) is 0 Å². The Hall–Kier alpha value is -1.40. The average Bonchev–Trinajstić information content (AvgIpc) is 3.27. The van der Waals surface area contributed by atoms with Crippen LogP contribution in [0, 0.1) is 17.8 Å². The molecule has 0 spiro atoms. The van der Waals surface area contributed by atoms with Crippen molar-refractivity contribution >= 4 is 15.7 Å². The molecular weight excluding hydrogens is 312 g/mol. The fourth-order valence-corrected chi connectivity index (χ4v) is 4.92. The highest BCUT2D eigenvalue weighted by Gasteiger charge is 2.55. The van der Waals surface area contributed by atoms with Gasteiger partial charge in [0.05, 0.1) is 10.6 Å². The number of carbonyl (C=O) groups is 1. The summed E-state index contributed by atoms with van der Waals surface area (Å²) in [6.45, 7) is 2.10. The fraction of sp³-hybridized carbons (Fsp3) is 0.588. The number of sulfone groups is 1. The molecule has 0 saturated heterocycles. The second-order valence-corrected chi connectivity index (χ2v) is 8.87. The van der Waals surface area contributed by atoms with Crippen LogP contribution >= 0.6 is 0 Å². The van der Waals surface area contributed by atoms with Crippen molar-refractivity contribution in [3.8, 4) is 0 Å². The van der Waals surface area contributed by atoms with Crippen molar-refractivity contribution in [1.29, 1.82) is 0 Å². The molecule has 2 saturated carbocycles. The number of amides is 1. The van der Waals surface area contributed by atoms with E-state index in [0.717, 1.165) is 18.4 Å². The SMILES string of the molecule is CCS(=O)(=O)c1ccccc1CCNC(=O)[C@@H]1C[C@H](N)[C@H]2C[C@H]21. The van der Waals surface area contributed by atoms with E-state index < -0.39 is 9.84 Å². The molecule has 2 aliphatic rings. The zero-order chi connectivity index (χ0) is 16.6. The quantitative estimate of drug-likeness (QED) is 0.815. The highest BCUT2D eigenvalue weighted by atomic mass is 32.2. The number of carbonyl (C=O) groups excluding carboxylic acids is 1. The van der Waals surface area contributed by atoms with Crippen molar-refractivity contribution in [1.82, 2.24) is 5.32 Å². The molecule has 0 radical (unpaired) electrons. The molecule has 3 N–H and O–H groups in total. The smallest absolute Gasteiger partial charge is 0.223 e. The predicted octanol–water partition coefficient (Wildman–Crippen LogP) is 1.12. The molecule has 6 heteroatoms. The number of rotatable bonds is 6. The van der Waals surface area contributed by atoms with E-state index in [9.17, 15) is 13.2 Å². The van der Waals surface area contributed by atoms with Crippen LogP contribution in [-0.4, -0.2) is 32.7 Å². The number of benzene rings is 1. The van der Waals surface area contributed by atoms with Crippen molar-refractivity contribution < 1.29 is 13.2 Å². The van der Waals surface area contributed by atoms with Crippen LogP contribution in [-0.2, 0) is 21.1 Å². The lowest BCUT2D eigenvalue weighted by Gasteiger charge is -2.14. The first-order chi connectivity index (χ1) is 10.9. The van der Waals surface area contributed by atoms with Gasteiger partial charge in [0.2, 0.25) is 5.91 Å². The van der Waals surface area contributed by atoms with E-state index in [-0.39, 0.29) is 23.6 Å². The minimum atomic E-state index is -3.23. The molecule has 0 bridgehead atoms. The van der Waals surface area contributed by atoms with Crippen molar-refractivity contribution in [2.45, 2.75) is 37.1 Å². The lowest BCUT2D eigenvalue weighted by atomic mass is 10.0. The van der Waals surface area contributed by atoms with Crippen LogP contribution in [0.2, 0.25) is 0 Å². The van der Waals surface area contributed by atoms with E-state index in [2.05, 4.69) is 5.32 Å². The van der Waals surface area contributed by atoms with E-state index in [4.69, 9.17) is 5.73 Å². The van der Waals surface area contributed by atoms with Gasteiger partial charge in [-0.05, 0) is 42.7 Å². The summed E-state index contributed by atoms with van der Waals surface area (Å²) in [4.78, 5) is 12.6. The predicted molar refractivity (Wildman–Crippen MR) is 88.6 cm³/mol. The molecule has 3 rings (SSSR count). The Bertz CT molecular complexity index is 702. The van der Waals surface area contributed by atoms with E-state index >= 15 is 0 Å². The lowest BCUT2D eigenvalue weighted by Crippen LogP contribution is -2.34. The zero-order valence-corrected chi connectivity index (χ0v) is 14.2. The van der Waals surface area contributed by atoms with E-state index in [1.165, 1.54) is 0 Å². The fourth-order valence-electron chi connectivity index (χ4n) is 3.76. The zero-order valence-electron chi connectivity index (χ0n) is 13.4. The maximum absolute atomic E-state index is 12.3. The Balaban J connectivity index is 1.58. The lowest BCUT2D eigenvalue weighted by molar-refractivity contribution is -0.125. The number of hydrogen-bond acceptors (Lipinski definition) is 4. The molecule has 2 fully saturated rings. The first-order valence-electron chi connectivity index (χ1n) is 8.28. The summed E-state index contributed by atoms with van der Waals surface area (Å²) in [7, 11) is -3.23. The van der Waals surface area contributed by atoms with Gasteiger partial charge in [0.1, 0.15) is 0 Å². The molecule has 1 aromatic rings. The molecular formula is C17H24N2O3S. The summed E-state index contributed by atoms with van der Waals surface area (Å²) >= 11 is 0. The Labute approximate surface area is 137 Å². The van der Waals surface area contributed by atoms with E-state index in [0.29, 0.717) is 29.7 Å². The third-order valence-electron chi connectivity index (χ3n) is 5.20. The molecule has 0 aromatic heterocycles. The van der Waals surface area contributed by atoms with E-state index in [1.807, 2.05) is 12.1 Å². The topological polar surface area (TPSA) is 89.3 Å². The Morgan fingerprint density at radius 2 is 2.00 bits per heavy atom. The highest BCUT2D eigenvalue weighted by Crippen LogP contribution is 2.54. The Morgan fingerprint density at radius 3 is 2.61 bits per heavy atom. The van der Waals surface area contributed by atoms with Crippen LogP contribution in [0.4, 0.5) is 0 Å². The van der Waals surface area contributed by atoms with Crippen LogP contribution in [0.3, 0.4) is 0 Å². The largest absolute Gasteiger partial charge is 0.356 e. The van der Waals surface area contributed by atoms with E-state index in [1.54, 1.807) is 19.1 Å². The molecule has 0 aliphatic heterocycles. The minimum Gasteiger partial charge on any atom is -0.356 e. The van der Waals surface area contributed by atoms with Gasteiger partial charge in [-0.3, -0.25) is 4.79 Å². The molecule has 1 aromatic carbocycles. The number of hydrogen-bond donors (Lipinski definition) is 2. The Kier molecular flexibility index (Phi) is 4.47. The van der Waals surface area contributed by atoms with Gasteiger partial charge in [0.25, 0.3) is 0 Å². The van der Waals surface area contributed by atoms with Gasteiger partial charge in [-0.1, -0.05) is 25.1 Å². The number of fused-ring (bicyclic) bond motifs is 1. The van der Waals surface area contributed by atoms with Crippen molar-refractivity contribution in [2.24, 2.45) is 23.5 Å². The monoisotopic (exact) mass is 336 g/mol. The molecule has 2 aliphatic carbocycles. The average molecular weight is 336 g/mol.